The van der Waals surface area contributed by atoms with Gasteiger partial charge in [-0.2, -0.15) is 0 Å². The lowest BCUT2D eigenvalue weighted by atomic mass is 10.2. The van der Waals surface area contributed by atoms with Crippen molar-refractivity contribution in [2.24, 2.45) is 0 Å². The van der Waals surface area contributed by atoms with Crippen molar-refractivity contribution in [1.29, 1.82) is 0 Å². The number of hydrogen-bond acceptors (Lipinski definition) is 5. The average molecular weight is 452 g/mol. The Morgan fingerprint density at radius 3 is 1.84 bits per heavy atom. The molecule has 0 saturated carbocycles. The van der Waals surface area contributed by atoms with Crippen molar-refractivity contribution in [3.63, 3.8) is 0 Å². The van der Waals surface area contributed by atoms with E-state index in [1.807, 2.05) is 119 Å². The van der Waals surface area contributed by atoms with Gasteiger partial charge in [0.1, 0.15) is 5.78 Å². The number of nitrogens with one attached hydrogen (secondary N) is 1. The van der Waals surface area contributed by atoms with Gasteiger partial charge in [-0.15, -0.1) is 0 Å². The van der Waals surface area contributed by atoms with Crippen LogP contribution in [-0.4, -0.2) is 34.8 Å². The summed E-state index contributed by atoms with van der Waals surface area (Å²) in [5.41, 5.74) is 3.97. The first-order valence-electron chi connectivity index (χ1n) is 11.0. The van der Waals surface area contributed by atoms with E-state index in [-0.39, 0.29) is 0 Å². The van der Waals surface area contributed by atoms with Crippen LogP contribution in [0, 0.1) is 0 Å². The zero-order chi connectivity index (χ0) is 23.1. The van der Waals surface area contributed by atoms with Crippen LogP contribution in [0.3, 0.4) is 0 Å². The van der Waals surface area contributed by atoms with Crippen molar-refractivity contribution in [2.75, 3.05) is 49.9 Å². The summed E-state index contributed by atoms with van der Waals surface area (Å²) in [6.45, 7) is 2.46. The lowest BCUT2D eigenvalue weighted by Crippen LogP contribution is -2.21. The van der Waals surface area contributed by atoms with E-state index in [9.17, 15) is 4.57 Å². The van der Waals surface area contributed by atoms with Gasteiger partial charge in [0, 0.05) is 50.6 Å². The SMILES string of the molecule is CCCO[P@@](=O)(c1ccc(N(C)C)cc1)[C@H](Nc1ccccc1)c1ccc(N(C)C)cc1. The van der Waals surface area contributed by atoms with Gasteiger partial charge in [0.25, 0.3) is 7.37 Å². The quantitative estimate of drug-likeness (QED) is 0.385. The Hall–Kier alpha value is -2.75. The van der Waals surface area contributed by atoms with Crippen LogP contribution in [0.15, 0.2) is 78.9 Å². The summed E-state index contributed by atoms with van der Waals surface area (Å²) in [6.07, 6.45) is 0.789. The summed E-state index contributed by atoms with van der Waals surface area (Å²) >= 11 is 0. The Kier molecular flexibility index (Phi) is 8.00. The highest BCUT2D eigenvalue weighted by Crippen LogP contribution is 2.59. The van der Waals surface area contributed by atoms with E-state index in [0.29, 0.717) is 11.9 Å². The Morgan fingerprint density at radius 2 is 1.34 bits per heavy atom. The predicted octanol–water partition coefficient (Wildman–Crippen LogP) is 5.96. The van der Waals surface area contributed by atoms with Gasteiger partial charge in [0.15, 0.2) is 0 Å². The highest BCUT2D eigenvalue weighted by atomic mass is 31.2. The van der Waals surface area contributed by atoms with Gasteiger partial charge < -0.3 is 19.6 Å². The smallest absolute Gasteiger partial charge is 0.258 e. The number of anilines is 3. The van der Waals surface area contributed by atoms with E-state index in [4.69, 9.17) is 4.52 Å². The van der Waals surface area contributed by atoms with E-state index < -0.39 is 13.2 Å². The van der Waals surface area contributed by atoms with Gasteiger partial charge in [-0.3, -0.25) is 4.57 Å². The van der Waals surface area contributed by atoms with Crippen LogP contribution >= 0.6 is 7.37 Å². The zero-order valence-electron chi connectivity index (χ0n) is 19.7. The van der Waals surface area contributed by atoms with Crippen molar-refractivity contribution < 1.29 is 9.09 Å². The summed E-state index contributed by atoms with van der Waals surface area (Å²) in [5, 5.41) is 4.23. The number of benzene rings is 3. The van der Waals surface area contributed by atoms with Crippen molar-refractivity contribution in [1.82, 2.24) is 0 Å². The minimum absolute atomic E-state index is 0.426. The molecule has 6 heteroatoms. The standard InChI is InChI=1S/C26H34N3O2P/c1-6-20-31-32(30,25-18-16-24(17-19-25)29(4)5)26(27-22-10-8-7-9-11-22)21-12-14-23(15-13-21)28(2)3/h7-19,26-27H,6,20H2,1-5H3/t26-,32-/m0/s1. The monoisotopic (exact) mass is 451 g/mol. The zero-order valence-corrected chi connectivity index (χ0v) is 20.5. The van der Waals surface area contributed by atoms with E-state index in [0.717, 1.165) is 29.0 Å². The molecule has 3 aromatic rings. The summed E-state index contributed by atoms with van der Waals surface area (Å²) in [5.74, 6) is -0.516. The molecule has 0 unspecified atom stereocenters. The molecular formula is C26H34N3O2P. The maximum Gasteiger partial charge on any atom is 0.258 e. The summed E-state index contributed by atoms with van der Waals surface area (Å²) in [4.78, 5) is 4.08. The van der Waals surface area contributed by atoms with Gasteiger partial charge in [0.05, 0.1) is 6.61 Å². The van der Waals surface area contributed by atoms with E-state index in [1.54, 1.807) is 0 Å². The van der Waals surface area contributed by atoms with Crippen molar-refractivity contribution in [3.8, 4) is 0 Å². The average Bonchev–Trinajstić information content (AvgIpc) is 2.82. The van der Waals surface area contributed by atoms with Gasteiger partial charge >= 0.3 is 0 Å². The van der Waals surface area contributed by atoms with Gasteiger partial charge in [-0.05, 0) is 60.5 Å². The van der Waals surface area contributed by atoms with Crippen LogP contribution in [0.5, 0.6) is 0 Å². The van der Waals surface area contributed by atoms with E-state index in [2.05, 4.69) is 10.2 Å². The molecule has 0 saturated heterocycles. The van der Waals surface area contributed by atoms with E-state index >= 15 is 0 Å². The molecule has 3 rings (SSSR count). The van der Waals surface area contributed by atoms with Crippen LogP contribution < -0.4 is 20.4 Å². The maximum atomic E-state index is 14.7. The van der Waals surface area contributed by atoms with Crippen LogP contribution in [0.25, 0.3) is 0 Å². The molecule has 0 aliphatic heterocycles. The third-order valence-electron chi connectivity index (χ3n) is 5.36. The van der Waals surface area contributed by atoms with Crippen molar-refractivity contribution in [3.05, 3.63) is 84.4 Å². The Bertz CT molecular complexity index is 1020. The number of para-hydroxylation sites is 1. The molecule has 0 amide bonds. The summed E-state index contributed by atoms with van der Waals surface area (Å²) in [7, 11) is 4.69. The number of nitrogens with zero attached hydrogens (tertiary/aromatic N) is 2. The molecule has 2 atom stereocenters. The number of hydrogen-bond donors (Lipinski definition) is 1. The molecule has 5 nitrogen and oxygen atoms in total. The fraction of sp³-hybridized carbons (Fsp3) is 0.308. The van der Waals surface area contributed by atoms with E-state index in [1.165, 1.54) is 0 Å². The normalized spacial score (nSPS) is 13.8. The fourth-order valence-corrected chi connectivity index (χ4v) is 5.99. The van der Waals surface area contributed by atoms with Crippen molar-refractivity contribution >= 4 is 29.7 Å². The molecule has 0 heterocycles. The first kappa shape index (κ1) is 23.9. The molecule has 0 spiro atoms. The molecule has 0 fully saturated rings. The van der Waals surface area contributed by atoms with Crippen LogP contribution in [0.2, 0.25) is 0 Å². The molecule has 0 bridgehead atoms. The minimum Gasteiger partial charge on any atom is -0.378 e. The number of rotatable bonds is 10. The van der Waals surface area contributed by atoms with Crippen LogP contribution in [-0.2, 0) is 9.09 Å². The van der Waals surface area contributed by atoms with Gasteiger partial charge in [0.2, 0.25) is 0 Å². The third kappa shape index (κ3) is 5.53. The maximum absolute atomic E-state index is 14.7. The fourth-order valence-electron chi connectivity index (χ4n) is 3.50. The molecule has 170 valence electrons. The Morgan fingerprint density at radius 1 is 0.812 bits per heavy atom. The molecule has 0 radical (unpaired) electrons. The largest absolute Gasteiger partial charge is 0.378 e. The molecule has 0 aliphatic carbocycles. The lowest BCUT2D eigenvalue weighted by Gasteiger charge is -2.30. The highest BCUT2D eigenvalue weighted by molar-refractivity contribution is 7.67. The van der Waals surface area contributed by atoms with Crippen LogP contribution in [0.4, 0.5) is 17.1 Å². The molecule has 0 aliphatic rings. The van der Waals surface area contributed by atoms with Crippen molar-refractivity contribution in [2.45, 2.75) is 19.1 Å². The highest BCUT2D eigenvalue weighted by Gasteiger charge is 2.38. The first-order valence-corrected chi connectivity index (χ1v) is 12.7. The first-order chi connectivity index (χ1) is 15.3. The predicted molar refractivity (Wildman–Crippen MR) is 138 cm³/mol. The molecule has 0 aromatic heterocycles. The third-order valence-corrected chi connectivity index (χ3v) is 8.05. The molecule has 32 heavy (non-hydrogen) atoms. The minimum atomic E-state index is -3.32. The Labute approximate surface area is 192 Å². The second kappa shape index (κ2) is 10.7. The molecule has 3 aromatic carbocycles. The van der Waals surface area contributed by atoms with Crippen LogP contribution in [0.1, 0.15) is 24.7 Å². The topological polar surface area (TPSA) is 44.8 Å². The second-order valence-electron chi connectivity index (χ2n) is 8.24. The van der Waals surface area contributed by atoms with Gasteiger partial charge in [-0.25, -0.2) is 0 Å². The Balaban J connectivity index is 2.10. The second-order valence-corrected chi connectivity index (χ2v) is 10.7. The lowest BCUT2D eigenvalue weighted by molar-refractivity contribution is 0.315. The summed E-state index contributed by atoms with van der Waals surface area (Å²) in [6, 6.07) is 25.9. The molecular weight excluding hydrogens is 417 g/mol. The summed E-state index contributed by atoms with van der Waals surface area (Å²) < 4.78 is 20.9. The van der Waals surface area contributed by atoms with Gasteiger partial charge in [-0.1, -0.05) is 37.3 Å². The molecule has 1 N–H and O–H groups in total.